The van der Waals surface area contributed by atoms with E-state index in [2.05, 4.69) is 5.32 Å². The minimum Gasteiger partial charge on any atom is -0.480 e. The van der Waals surface area contributed by atoms with Gasteiger partial charge < -0.3 is 20.7 Å². The number of nitrogens with one attached hydrogen (secondary N) is 1. The van der Waals surface area contributed by atoms with E-state index in [0.717, 1.165) is 16.5 Å². The first-order valence-electron chi connectivity index (χ1n) is 6.80. The topological polar surface area (TPSA) is 97.4 Å². The Hall–Kier alpha value is -2.50. The van der Waals surface area contributed by atoms with E-state index < -0.39 is 18.0 Å². The fourth-order valence-electron chi connectivity index (χ4n) is 2.18. The zero-order chi connectivity index (χ0) is 16.0. The van der Waals surface area contributed by atoms with Crippen molar-refractivity contribution in [1.82, 2.24) is 9.88 Å². The molecule has 1 unspecified atom stereocenters. The number of carbonyl (C=O) groups excluding carboxylic acids is 1. The molecular weight excluding hydrogens is 270 g/mol. The van der Waals surface area contributed by atoms with E-state index in [4.69, 9.17) is 10.8 Å². The minimum atomic E-state index is -1.10. The molecule has 0 bridgehead atoms. The standard InChI is InChI=1S/C13H15N3O3.C2H6/c1-16-7-8(9-4-2-3-5-11(9)16)6-10(12(17)18)15-13(14)19;1-2/h2-5,7,10H,6H2,1H3,(H,17,18)(H3,14,15,19);1-2H3. The van der Waals surface area contributed by atoms with Crippen molar-refractivity contribution in [2.45, 2.75) is 26.3 Å². The molecule has 21 heavy (non-hydrogen) atoms. The highest BCUT2D eigenvalue weighted by Gasteiger charge is 2.21. The summed E-state index contributed by atoms with van der Waals surface area (Å²) in [7, 11) is 1.89. The highest BCUT2D eigenvalue weighted by atomic mass is 16.4. The van der Waals surface area contributed by atoms with Crippen molar-refractivity contribution in [3.05, 3.63) is 36.0 Å². The van der Waals surface area contributed by atoms with Crippen molar-refractivity contribution in [3.8, 4) is 0 Å². The van der Waals surface area contributed by atoms with Gasteiger partial charge in [-0.25, -0.2) is 9.59 Å². The quantitative estimate of drug-likeness (QED) is 0.802. The number of hydrogen-bond acceptors (Lipinski definition) is 2. The van der Waals surface area contributed by atoms with E-state index in [1.54, 1.807) is 0 Å². The Morgan fingerprint density at radius 1 is 1.33 bits per heavy atom. The first kappa shape index (κ1) is 16.6. The highest BCUT2D eigenvalue weighted by molar-refractivity contribution is 5.86. The number of nitrogens with two attached hydrogens (primary N) is 1. The number of primary amides is 1. The second kappa shape index (κ2) is 7.33. The average molecular weight is 291 g/mol. The Balaban J connectivity index is 0.00000106. The smallest absolute Gasteiger partial charge is 0.326 e. The van der Waals surface area contributed by atoms with E-state index in [-0.39, 0.29) is 6.42 Å². The van der Waals surface area contributed by atoms with Crippen LogP contribution < -0.4 is 11.1 Å². The summed E-state index contributed by atoms with van der Waals surface area (Å²) < 4.78 is 1.92. The van der Waals surface area contributed by atoms with Gasteiger partial charge in [0.2, 0.25) is 0 Å². The first-order chi connectivity index (χ1) is 9.99. The predicted molar refractivity (Wildman–Crippen MR) is 82.1 cm³/mol. The van der Waals surface area contributed by atoms with Crippen LogP contribution in [0.2, 0.25) is 0 Å². The maximum Gasteiger partial charge on any atom is 0.326 e. The highest BCUT2D eigenvalue weighted by Crippen LogP contribution is 2.21. The molecule has 1 heterocycles. The SMILES string of the molecule is CC.Cn1cc(CC(NC(N)=O)C(=O)O)c2ccccc21. The van der Waals surface area contributed by atoms with Gasteiger partial charge in [0.1, 0.15) is 6.04 Å². The third kappa shape index (κ3) is 3.98. The van der Waals surface area contributed by atoms with E-state index in [1.807, 2.05) is 55.9 Å². The molecule has 2 rings (SSSR count). The van der Waals surface area contributed by atoms with Gasteiger partial charge in [-0.05, 0) is 11.6 Å². The lowest BCUT2D eigenvalue weighted by atomic mass is 10.1. The van der Waals surface area contributed by atoms with Gasteiger partial charge in [-0.3, -0.25) is 0 Å². The van der Waals surface area contributed by atoms with Gasteiger partial charge in [0.25, 0.3) is 0 Å². The Morgan fingerprint density at radius 2 is 1.95 bits per heavy atom. The van der Waals surface area contributed by atoms with Crippen molar-refractivity contribution in [1.29, 1.82) is 0 Å². The largest absolute Gasteiger partial charge is 0.480 e. The number of para-hydroxylation sites is 1. The summed E-state index contributed by atoms with van der Waals surface area (Å²) in [5.74, 6) is -1.10. The van der Waals surface area contributed by atoms with Crippen molar-refractivity contribution < 1.29 is 14.7 Å². The number of nitrogens with zero attached hydrogens (tertiary/aromatic N) is 1. The van der Waals surface area contributed by atoms with Gasteiger partial charge in [-0.15, -0.1) is 0 Å². The molecule has 1 aromatic carbocycles. The predicted octanol–water partition coefficient (Wildman–Crippen LogP) is 1.87. The molecule has 0 saturated heterocycles. The normalized spacial score (nSPS) is 11.4. The molecule has 0 spiro atoms. The lowest BCUT2D eigenvalue weighted by Gasteiger charge is -2.12. The van der Waals surface area contributed by atoms with E-state index in [0.29, 0.717) is 0 Å². The molecule has 2 aromatic rings. The summed E-state index contributed by atoms with van der Waals surface area (Å²) in [4.78, 5) is 21.9. The van der Waals surface area contributed by atoms with E-state index >= 15 is 0 Å². The molecule has 4 N–H and O–H groups in total. The van der Waals surface area contributed by atoms with Crippen LogP contribution in [0.25, 0.3) is 10.9 Å². The summed E-state index contributed by atoms with van der Waals surface area (Å²) in [6.45, 7) is 4.00. The van der Waals surface area contributed by atoms with Crippen LogP contribution in [-0.2, 0) is 18.3 Å². The molecule has 114 valence electrons. The van der Waals surface area contributed by atoms with Crippen LogP contribution in [0, 0.1) is 0 Å². The number of aromatic nitrogens is 1. The molecule has 2 amide bonds. The second-order valence-electron chi connectivity index (χ2n) is 4.39. The fourth-order valence-corrected chi connectivity index (χ4v) is 2.18. The van der Waals surface area contributed by atoms with Crippen LogP contribution in [0.1, 0.15) is 19.4 Å². The lowest BCUT2D eigenvalue weighted by Crippen LogP contribution is -2.44. The number of carboxylic acids is 1. The summed E-state index contributed by atoms with van der Waals surface area (Å²) >= 11 is 0. The summed E-state index contributed by atoms with van der Waals surface area (Å²) in [6, 6.07) is 5.83. The average Bonchev–Trinajstić information content (AvgIpc) is 2.77. The number of aliphatic carboxylic acids is 1. The third-order valence-electron chi connectivity index (χ3n) is 3.02. The van der Waals surface area contributed by atoms with Crippen LogP contribution in [-0.4, -0.2) is 27.7 Å². The summed E-state index contributed by atoms with van der Waals surface area (Å²) in [5.41, 5.74) is 6.86. The number of carbonyl (C=O) groups is 2. The number of rotatable bonds is 4. The van der Waals surface area contributed by atoms with Crippen molar-refractivity contribution >= 4 is 22.9 Å². The molecule has 6 nitrogen and oxygen atoms in total. The Labute approximate surface area is 123 Å². The van der Waals surface area contributed by atoms with Crippen LogP contribution in [0.4, 0.5) is 4.79 Å². The molecule has 0 radical (unpaired) electrons. The van der Waals surface area contributed by atoms with Gasteiger partial charge in [-0.1, -0.05) is 32.0 Å². The molecule has 1 atom stereocenters. The molecule has 0 aliphatic carbocycles. The number of benzene rings is 1. The van der Waals surface area contributed by atoms with Gasteiger partial charge in [-0.2, -0.15) is 0 Å². The van der Waals surface area contributed by atoms with Crippen molar-refractivity contribution in [2.75, 3.05) is 0 Å². The fraction of sp³-hybridized carbons (Fsp3) is 0.333. The second-order valence-corrected chi connectivity index (χ2v) is 4.39. The maximum atomic E-state index is 11.1. The zero-order valence-corrected chi connectivity index (χ0v) is 12.5. The molecule has 1 aromatic heterocycles. The first-order valence-corrected chi connectivity index (χ1v) is 6.80. The van der Waals surface area contributed by atoms with Gasteiger partial charge in [0.15, 0.2) is 0 Å². The van der Waals surface area contributed by atoms with Crippen molar-refractivity contribution in [2.24, 2.45) is 12.8 Å². The molecular formula is C15H21N3O3. The molecule has 6 heteroatoms. The van der Waals surface area contributed by atoms with Crippen LogP contribution >= 0.6 is 0 Å². The number of fused-ring (bicyclic) bond motifs is 1. The molecule has 0 fully saturated rings. The zero-order valence-electron chi connectivity index (χ0n) is 12.5. The van der Waals surface area contributed by atoms with Crippen LogP contribution in [0.15, 0.2) is 30.5 Å². The molecule has 0 aliphatic rings. The minimum absolute atomic E-state index is 0.194. The number of aryl methyl sites for hydroxylation is 1. The maximum absolute atomic E-state index is 11.1. The lowest BCUT2D eigenvalue weighted by molar-refractivity contribution is -0.139. The Kier molecular flexibility index (Phi) is 5.78. The summed E-state index contributed by atoms with van der Waals surface area (Å²) in [6.07, 6.45) is 2.06. The molecule has 0 saturated carbocycles. The van der Waals surface area contributed by atoms with Crippen LogP contribution in [0.3, 0.4) is 0 Å². The Morgan fingerprint density at radius 3 is 2.52 bits per heavy atom. The number of hydrogen-bond donors (Lipinski definition) is 3. The van der Waals surface area contributed by atoms with E-state index in [9.17, 15) is 9.59 Å². The number of amides is 2. The van der Waals surface area contributed by atoms with Gasteiger partial charge >= 0.3 is 12.0 Å². The summed E-state index contributed by atoms with van der Waals surface area (Å²) in [5, 5.41) is 12.3. The van der Waals surface area contributed by atoms with E-state index in [1.165, 1.54) is 0 Å². The number of carboxylic acid groups (broad SMARTS) is 1. The third-order valence-corrected chi connectivity index (χ3v) is 3.02. The van der Waals surface area contributed by atoms with Gasteiger partial charge in [0.05, 0.1) is 0 Å². The molecule has 0 aliphatic heterocycles. The Bertz CT molecular complexity index is 634. The van der Waals surface area contributed by atoms with Gasteiger partial charge in [0, 0.05) is 30.6 Å². The van der Waals surface area contributed by atoms with Crippen molar-refractivity contribution in [3.63, 3.8) is 0 Å². The monoisotopic (exact) mass is 291 g/mol. The van der Waals surface area contributed by atoms with Crippen LogP contribution in [0.5, 0.6) is 0 Å². The number of urea groups is 1.